The Morgan fingerprint density at radius 1 is 1.05 bits per heavy atom. The molecule has 1 aromatic heterocycles. The zero-order valence-corrected chi connectivity index (χ0v) is 12.3. The van der Waals surface area contributed by atoms with E-state index in [0.29, 0.717) is 6.61 Å². The van der Waals surface area contributed by atoms with Crippen molar-refractivity contribution >= 4 is 0 Å². The Bertz CT molecular complexity index is 528. The molecule has 0 aliphatic carbocycles. The van der Waals surface area contributed by atoms with Crippen molar-refractivity contribution in [2.75, 3.05) is 6.61 Å². The summed E-state index contributed by atoms with van der Waals surface area (Å²) < 4.78 is 5.69. The van der Waals surface area contributed by atoms with Gasteiger partial charge >= 0.3 is 0 Å². The Morgan fingerprint density at radius 2 is 1.80 bits per heavy atom. The lowest BCUT2D eigenvalue weighted by atomic mass is 10.1. The van der Waals surface area contributed by atoms with Crippen LogP contribution in [0, 0.1) is 0 Å². The Kier molecular flexibility index (Phi) is 5.13. The molecule has 3 heteroatoms. The minimum atomic E-state index is 0.195. The van der Waals surface area contributed by atoms with E-state index in [1.54, 1.807) is 0 Å². The number of nitrogens with zero attached hydrogens (tertiary/aromatic N) is 1. The first kappa shape index (κ1) is 14.5. The van der Waals surface area contributed by atoms with Crippen molar-refractivity contribution in [1.82, 2.24) is 10.3 Å². The van der Waals surface area contributed by atoms with Gasteiger partial charge < -0.3 is 10.1 Å². The molecule has 1 heterocycles. The zero-order chi connectivity index (χ0) is 14.4. The molecule has 0 spiro atoms. The van der Waals surface area contributed by atoms with Crippen molar-refractivity contribution < 1.29 is 4.74 Å². The minimum Gasteiger partial charge on any atom is -0.494 e. The normalized spacial score (nSPS) is 13.8. The maximum absolute atomic E-state index is 5.69. The lowest BCUT2D eigenvalue weighted by Crippen LogP contribution is -2.23. The first-order chi connectivity index (χ1) is 9.72. The van der Waals surface area contributed by atoms with Crippen molar-refractivity contribution in [3.63, 3.8) is 0 Å². The van der Waals surface area contributed by atoms with Crippen LogP contribution in [0.4, 0.5) is 0 Å². The third-order valence-electron chi connectivity index (χ3n) is 3.32. The number of ether oxygens (including phenoxy) is 1. The van der Waals surface area contributed by atoms with Gasteiger partial charge in [-0.25, -0.2) is 0 Å². The predicted molar refractivity (Wildman–Crippen MR) is 81.8 cm³/mol. The van der Waals surface area contributed by atoms with E-state index in [2.05, 4.69) is 30.2 Å². The van der Waals surface area contributed by atoms with Gasteiger partial charge in [-0.3, -0.25) is 4.98 Å². The molecule has 20 heavy (non-hydrogen) atoms. The van der Waals surface area contributed by atoms with Crippen LogP contribution >= 0.6 is 0 Å². The standard InChI is InChI=1S/C17H22N2O/c1-4-20-17-11-6-5-9-15(17)13(2)19-14(3)16-10-7-8-12-18-16/h5-14,19H,4H2,1-3H3/t13?,14-/m1/s1. The van der Waals surface area contributed by atoms with Gasteiger partial charge in [-0.15, -0.1) is 0 Å². The van der Waals surface area contributed by atoms with Crippen LogP contribution in [0.5, 0.6) is 5.75 Å². The van der Waals surface area contributed by atoms with Crippen LogP contribution < -0.4 is 10.1 Å². The van der Waals surface area contributed by atoms with Crippen LogP contribution in [0.15, 0.2) is 48.7 Å². The maximum atomic E-state index is 5.69. The van der Waals surface area contributed by atoms with Crippen LogP contribution in [0.25, 0.3) is 0 Å². The van der Waals surface area contributed by atoms with Crippen LogP contribution in [-0.4, -0.2) is 11.6 Å². The van der Waals surface area contributed by atoms with Crippen molar-refractivity contribution in [1.29, 1.82) is 0 Å². The number of para-hydroxylation sites is 1. The van der Waals surface area contributed by atoms with E-state index in [9.17, 15) is 0 Å². The minimum absolute atomic E-state index is 0.195. The van der Waals surface area contributed by atoms with Crippen molar-refractivity contribution in [3.05, 3.63) is 59.9 Å². The van der Waals surface area contributed by atoms with E-state index in [4.69, 9.17) is 4.74 Å². The number of pyridine rings is 1. The Hall–Kier alpha value is -1.87. The van der Waals surface area contributed by atoms with E-state index in [1.165, 1.54) is 5.56 Å². The summed E-state index contributed by atoms with van der Waals surface area (Å²) in [5.41, 5.74) is 2.23. The number of hydrogen-bond donors (Lipinski definition) is 1. The van der Waals surface area contributed by atoms with Gasteiger partial charge in [-0.2, -0.15) is 0 Å². The average molecular weight is 270 g/mol. The van der Waals surface area contributed by atoms with Gasteiger partial charge in [-0.1, -0.05) is 24.3 Å². The van der Waals surface area contributed by atoms with E-state index in [1.807, 2.05) is 49.5 Å². The summed E-state index contributed by atoms with van der Waals surface area (Å²) in [5.74, 6) is 0.947. The lowest BCUT2D eigenvalue weighted by molar-refractivity contribution is 0.330. The number of benzene rings is 1. The van der Waals surface area contributed by atoms with Gasteiger partial charge in [-0.05, 0) is 39.0 Å². The zero-order valence-electron chi connectivity index (χ0n) is 12.3. The molecule has 1 aromatic carbocycles. The summed E-state index contributed by atoms with van der Waals surface area (Å²) in [6, 6.07) is 14.6. The molecule has 0 amide bonds. The summed E-state index contributed by atoms with van der Waals surface area (Å²) in [7, 11) is 0. The maximum Gasteiger partial charge on any atom is 0.124 e. The molecule has 106 valence electrons. The summed E-state index contributed by atoms with van der Waals surface area (Å²) in [5, 5.41) is 3.57. The highest BCUT2D eigenvalue weighted by Gasteiger charge is 2.15. The molecule has 3 nitrogen and oxygen atoms in total. The monoisotopic (exact) mass is 270 g/mol. The van der Waals surface area contributed by atoms with E-state index < -0.39 is 0 Å². The van der Waals surface area contributed by atoms with Crippen LogP contribution in [0.1, 0.15) is 44.1 Å². The fraction of sp³-hybridized carbons (Fsp3) is 0.353. The quantitative estimate of drug-likeness (QED) is 0.864. The van der Waals surface area contributed by atoms with Crippen LogP contribution in [-0.2, 0) is 0 Å². The highest BCUT2D eigenvalue weighted by molar-refractivity contribution is 5.35. The number of hydrogen-bond acceptors (Lipinski definition) is 3. The Labute approximate surface area is 121 Å². The van der Waals surface area contributed by atoms with Gasteiger partial charge in [0.05, 0.1) is 12.3 Å². The molecule has 0 bridgehead atoms. The Balaban J connectivity index is 2.10. The Morgan fingerprint density at radius 3 is 2.50 bits per heavy atom. The molecule has 2 atom stereocenters. The van der Waals surface area contributed by atoms with Crippen molar-refractivity contribution in [2.45, 2.75) is 32.9 Å². The average Bonchev–Trinajstić information content (AvgIpc) is 2.49. The molecule has 0 saturated carbocycles. The third-order valence-corrected chi connectivity index (χ3v) is 3.32. The molecule has 0 saturated heterocycles. The van der Waals surface area contributed by atoms with Crippen molar-refractivity contribution in [3.8, 4) is 5.75 Å². The third kappa shape index (κ3) is 3.58. The molecule has 0 aliphatic rings. The molecule has 2 rings (SSSR count). The van der Waals surface area contributed by atoms with Gasteiger partial charge in [0, 0.05) is 23.8 Å². The van der Waals surface area contributed by atoms with Crippen molar-refractivity contribution in [2.24, 2.45) is 0 Å². The molecule has 2 aromatic rings. The second-order valence-electron chi connectivity index (χ2n) is 4.84. The molecule has 0 fully saturated rings. The predicted octanol–water partition coefficient (Wildman–Crippen LogP) is 3.89. The number of aromatic nitrogens is 1. The number of nitrogens with one attached hydrogen (secondary N) is 1. The first-order valence-corrected chi connectivity index (χ1v) is 7.11. The molecule has 1 N–H and O–H groups in total. The largest absolute Gasteiger partial charge is 0.494 e. The summed E-state index contributed by atoms with van der Waals surface area (Å²) in [6.07, 6.45) is 1.83. The van der Waals surface area contributed by atoms with Gasteiger partial charge in [0.25, 0.3) is 0 Å². The molecule has 1 unspecified atom stereocenters. The molecular formula is C17H22N2O. The summed E-state index contributed by atoms with van der Waals surface area (Å²) in [4.78, 5) is 4.39. The summed E-state index contributed by atoms with van der Waals surface area (Å²) >= 11 is 0. The van der Waals surface area contributed by atoms with E-state index >= 15 is 0 Å². The van der Waals surface area contributed by atoms with Gasteiger partial charge in [0.15, 0.2) is 0 Å². The fourth-order valence-electron chi connectivity index (χ4n) is 2.31. The second-order valence-corrected chi connectivity index (χ2v) is 4.84. The number of rotatable bonds is 6. The topological polar surface area (TPSA) is 34.1 Å². The van der Waals surface area contributed by atoms with Gasteiger partial charge in [0.1, 0.15) is 5.75 Å². The fourth-order valence-corrected chi connectivity index (χ4v) is 2.31. The summed E-state index contributed by atoms with van der Waals surface area (Å²) in [6.45, 7) is 6.96. The molecule has 0 aliphatic heterocycles. The second kappa shape index (κ2) is 7.06. The first-order valence-electron chi connectivity index (χ1n) is 7.11. The SMILES string of the molecule is CCOc1ccccc1C(C)N[C@H](C)c1ccccn1. The van der Waals surface area contributed by atoms with Crippen LogP contribution in [0.2, 0.25) is 0 Å². The lowest BCUT2D eigenvalue weighted by Gasteiger charge is -2.22. The van der Waals surface area contributed by atoms with Gasteiger partial charge in [0.2, 0.25) is 0 Å². The van der Waals surface area contributed by atoms with Crippen LogP contribution in [0.3, 0.4) is 0 Å². The highest BCUT2D eigenvalue weighted by atomic mass is 16.5. The smallest absolute Gasteiger partial charge is 0.124 e. The highest BCUT2D eigenvalue weighted by Crippen LogP contribution is 2.26. The molecular weight excluding hydrogens is 248 g/mol. The molecule has 0 radical (unpaired) electrons. The van der Waals surface area contributed by atoms with E-state index in [-0.39, 0.29) is 12.1 Å². The van der Waals surface area contributed by atoms with E-state index in [0.717, 1.165) is 11.4 Å².